The number of carbonyl (C=O) groups excluding carboxylic acids is 9. The van der Waals surface area contributed by atoms with Crippen LogP contribution in [0, 0.1) is 77.3 Å². The summed E-state index contributed by atoms with van der Waals surface area (Å²) < 4.78 is 105. The van der Waals surface area contributed by atoms with E-state index in [1.54, 1.807) is 21.0 Å². The number of esters is 1. The number of amides is 6. The fourth-order valence-corrected chi connectivity index (χ4v) is 17.0. The molecule has 4 aliphatic heterocycles. The molecule has 5 atom stereocenters. The van der Waals surface area contributed by atoms with Crippen LogP contribution in [0.1, 0.15) is 371 Å². The molecule has 0 bridgehead atoms. The molecule has 4 fully saturated rings. The second-order valence-corrected chi connectivity index (χ2v) is 59.6. The largest absolute Gasteiger partial charge is 0.469 e. The summed E-state index contributed by atoms with van der Waals surface area (Å²) in [6, 6.07) is 0. The van der Waals surface area contributed by atoms with Crippen molar-refractivity contribution in [2.24, 2.45) is 93.7 Å². The number of nitrogens with zero attached hydrogens (tertiary/aromatic N) is 6. The molecule has 5 unspecified atom stereocenters. The standard InChI is InChI=1S/C14H27NO3S.C12H23NO2.C12H24O3.C11H21NO.C10H20N2O3S.C9H20N2O2S.C9H17NO.C8H17NO2S.C7H17N3O.C7H16N2O2S/c1-5-12-6-8-15(9-7-12)19(17,18)11-13(16)10-14(2,3)4;1-12(2,3)7-11(15)13-6-4-5-10(8-13)9-14;1-11(2,3)9(10(13)14-7)8-15-12(4,5)6;1-11(2,3)9-10(13)12-7-5-4-6-8-12;1-10(2,3)8-9(13)11-16(14,15)12-6-4-5-7-12;1-9(2,3)7-8(12)10-14(6,13)11(4)5;1-7(10)5-8(11)6-9(2,3)4;1-8(2,3)6-7(10)9-12(4,5)11;1-7(2,3)4-5-11-10-6(8)9;1-7(2,3)5-6(10)9-12(4,8)11/h12H,5-11H2,1-4H3;10,14H,4-9H2,1-3H3;9H,8H2,1-7H3;4-9H2,1-3H3;4-8H2,1-3H3,(H,11,13);6-7H2,1-5H3,(H,10,12,13);10H,5-6H2,1-4H3;4,6H2,1-3,5H3,(H,9,10,11);4-5H2,1-3H3,(H4,8,9,10);4-5H2,1-3H3,(H3,8,9,10,11). The zero-order chi connectivity index (χ0) is 110. The summed E-state index contributed by atoms with van der Waals surface area (Å²) in [5.41, 5.74) is 10.0. The molecule has 818 valence electrons. The van der Waals surface area contributed by atoms with E-state index in [-0.39, 0.29) is 138 Å². The Balaban J connectivity index is -0.000000352. The number of Topliss-reactive ketones (excluding diaryl/α,β-unsaturated/α-hetero) is 2. The van der Waals surface area contributed by atoms with E-state index in [1.807, 2.05) is 176 Å². The lowest BCUT2D eigenvalue weighted by Gasteiger charge is -2.33. The number of rotatable bonds is 27. The first-order valence-corrected chi connectivity index (χ1v) is 56.9. The molecule has 0 aliphatic carbocycles. The molecular weight excluding hydrogens is 1870 g/mol. The van der Waals surface area contributed by atoms with Gasteiger partial charge in [0.15, 0.2) is 0 Å². The third-order valence-electron chi connectivity index (χ3n) is 19.2. The number of nitrogens with one attached hydrogen (secondary N) is 5. The highest BCUT2D eigenvalue weighted by atomic mass is 32.2. The fourth-order valence-electron chi connectivity index (χ4n) is 12.7. The van der Waals surface area contributed by atoms with Gasteiger partial charge in [-0.3, -0.25) is 57.3 Å². The second-order valence-electron chi connectivity index (χ2n) is 49.8. The van der Waals surface area contributed by atoms with Crippen molar-refractivity contribution in [3.05, 3.63) is 0 Å². The van der Waals surface area contributed by atoms with Gasteiger partial charge in [0.1, 0.15) is 43.7 Å². The van der Waals surface area contributed by atoms with Crippen molar-refractivity contribution in [2.75, 3.05) is 105 Å². The lowest BCUT2D eigenvalue weighted by molar-refractivity contribution is -0.155. The van der Waals surface area contributed by atoms with Crippen LogP contribution in [0.15, 0.2) is 5.16 Å². The molecule has 12 N–H and O–H groups in total. The van der Waals surface area contributed by atoms with Crippen molar-refractivity contribution in [1.29, 1.82) is 5.41 Å². The van der Waals surface area contributed by atoms with Gasteiger partial charge < -0.3 is 46.1 Å². The molecule has 138 heavy (non-hydrogen) atoms. The Morgan fingerprint density at radius 3 is 1.19 bits per heavy atom. The molecule has 0 radical (unpaired) electrons. The van der Waals surface area contributed by atoms with Gasteiger partial charge in [0.25, 0.3) is 0 Å². The van der Waals surface area contributed by atoms with Gasteiger partial charge in [-0.15, -0.1) is 0 Å². The number of aliphatic hydroxyl groups is 1. The highest BCUT2D eigenvalue weighted by Crippen LogP contribution is 2.31. The van der Waals surface area contributed by atoms with Crippen molar-refractivity contribution < 1.29 is 92.0 Å². The maximum Gasteiger partial charge on any atom is 0.311 e. The number of oxime groups is 1. The smallest absolute Gasteiger partial charge is 0.311 e. The van der Waals surface area contributed by atoms with Gasteiger partial charge in [0.2, 0.25) is 51.4 Å². The normalized spacial score (nSPS) is 17.1. The SMILES string of the molecule is C=S(=O)(NC(=O)CC(C)(C)C)N(C)C.C=S(C)(=O)NC(=O)CC(C)(C)C.C=S(N)(=O)NC(=O)CC(C)(C)C.CC(=N)CC(=O)CC(C)(C)C.CC(C)(C)CC(=O)N1CCCC(CO)C1.CC(C)(C)CC(=O)N1CCCCC1.CC(C)(C)CC(=O)NS(=O)(=O)N1CCCC1.CC(C)(C)CCON=C(N)N.CCC1CCN(S(=O)(=O)CC(=O)CC(C)(C)C)CC1.COC(=O)C(COC(C)(C)C)C(C)(C)C. The zero-order valence-electron chi connectivity index (χ0n) is 93.6. The van der Waals surface area contributed by atoms with Crippen molar-refractivity contribution in [2.45, 2.75) is 376 Å². The molecule has 0 aromatic heterocycles. The Hall–Kier alpha value is -5.91. The molecule has 4 rings (SSSR count). The lowest BCUT2D eigenvalue weighted by Crippen LogP contribution is -2.42. The summed E-state index contributed by atoms with van der Waals surface area (Å²) in [5, 5.41) is 24.6. The minimum Gasteiger partial charge on any atom is -0.469 e. The van der Waals surface area contributed by atoms with Gasteiger partial charge in [0.05, 0.1) is 25.2 Å². The zero-order valence-corrected chi connectivity index (χ0v) is 97.7. The van der Waals surface area contributed by atoms with Crippen LogP contribution in [0.3, 0.4) is 0 Å². The molecule has 4 saturated heterocycles. The molecule has 0 aromatic carbocycles. The molecule has 39 heteroatoms. The van der Waals surface area contributed by atoms with Crippen molar-refractivity contribution in [3.8, 4) is 0 Å². The molecule has 6 amide bonds. The maximum atomic E-state index is 12.2. The number of aliphatic hydroxyl groups excluding tert-OH is 1. The third kappa shape index (κ3) is 91.3. The van der Waals surface area contributed by atoms with E-state index in [0.29, 0.717) is 108 Å². The van der Waals surface area contributed by atoms with Crippen LogP contribution >= 0.6 is 0 Å². The average molecular weight is 2070 g/mol. The number of ketones is 2. The summed E-state index contributed by atoms with van der Waals surface area (Å²) in [5.74, 6) is 9.44. The molecular formula is C99H202N14O20S5. The number of sulfonamides is 1. The minimum atomic E-state index is -3.60. The van der Waals surface area contributed by atoms with Crippen molar-refractivity contribution in [3.63, 3.8) is 0 Å². The van der Waals surface area contributed by atoms with Crippen molar-refractivity contribution >= 4 is 132 Å². The number of guanidine groups is 1. The number of methoxy groups -OCH3 is 1. The van der Waals surface area contributed by atoms with Crippen LogP contribution < -0.4 is 35.5 Å². The Kier molecular flexibility index (Phi) is 65.6. The number of likely N-dealkylation sites (tertiary alicyclic amines) is 2. The maximum absolute atomic E-state index is 12.2. The highest BCUT2D eigenvalue weighted by Gasteiger charge is 2.36. The first-order chi connectivity index (χ1) is 61.3. The summed E-state index contributed by atoms with van der Waals surface area (Å²) in [7, 11) is -10.3. The third-order valence-corrected chi connectivity index (χ3v) is 25.6. The van der Waals surface area contributed by atoms with Gasteiger partial charge in [-0.2, -0.15) is 12.7 Å². The van der Waals surface area contributed by atoms with Crippen LogP contribution in [-0.4, -0.2) is 251 Å². The van der Waals surface area contributed by atoms with Crippen LogP contribution in [0.2, 0.25) is 0 Å². The second kappa shape index (κ2) is 63.4. The highest BCUT2D eigenvalue weighted by molar-refractivity contribution is 7.98. The molecule has 4 aliphatic rings. The summed E-state index contributed by atoms with van der Waals surface area (Å²) in [6.45, 7) is 76.8. The molecule has 4 heterocycles. The lowest BCUT2D eigenvalue weighted by atomic mass is 9.81. The van der Waals surface area contributed by atoms with Crippen molar-refractivity contribution in [1.82, 2.24) is 41.6 Å². The molecule has 0 saturated carbocycles. The Morgan fingerprint density at radius 1 is 0.486 bits per heavy atom. The number of hydrogen-bond acceptors (Lipinski definition) is 22. The van der Waals surface area contributed by atoms with Gasteiger partial charge >= 0.3 is 16.2 Å². The van der Waals surface area contributed by atoms with E-state index >= 15 is 0 Å². The topological polar surface area (TPSA) is 500 Å². The predicted molar refractivity (Wildman–Crippen MR) is 574 cm³/mol. The average Bonchev–Trinajstić information content (AvgIpc) is 1.21. The number of carbonyl (C=O) groups is 9. The molecule has 0 aromatic rings. The van der Waals surface area contributed by atoms with Gasteiger partial charge in [-0.25, -0.2) is 39.5 Å². The Morgan fingerprint density at radius 2 is 0.855 bits per heavy atom. The number of piperidine rings is 3. The Bertz CT molecular complexity index is 4210. The van der Waals surface area contributed by atoms with E-state index < -0.39 is 55.6 Å². The van der Waals surface area contributed by atoms with Crippen LogP contribution in [-0.2, 0) is 107 Å². The predicted octanol–water partition coefficient (Wildman–Crippen LogP) is 14.6. The summed E-state index contributed by atoms with van der Waals surface area (Å²) in [6.07, 6.45) is 16.5. The molecule has 34 nitrogen and oxygen atoms in total. The monoisotopic (exact) mass is 2070 g/mol. The Labute approximate surface area is 841 Å². The van der Waals surface area contributed by atoms with Crippen LogP contribution in [0.4, 0.5) is 0 Å². The molecule has 0 spiro atoms. The van der Waals surface area contributed by atoms with Crippen LogP contribution in [0.5, 0.6) is 0 Å². The quantitative estimate of drug-likeness (QED) is 0.00921. The number of ether oxygens (including phenoxy) is 2. The van der Waals surface area contributed by atoms with E-state index in [2.05, 4.69) is 111 Å². The fraction of sp³-hybridized carbons (Fsp3) is 0.859. The van der Waals surface area contributed by atoms with Crippen LogP contribution in [0.25, 0.3) is 0 Å². The first kappa shape index (κ1) is 143. The summed E-state index contributed by atoms with van der Waals surface area (Å²) >= 11 is 0. The summed E-state index contributed by atoms with van der Waals surface area (Å²) in [4.78, 5) is 112. The minimum absolute atomic E-state index is 0.0288. The van der Waals surface area contributed by atoms with E-state index in [1.165, 1.54) is 45.5 Å². The van der Waals surface area contributed by atoms with E-state index in [0.717, 1.165) is 77.5 Å². The first-order valence-electron chi connectivity index (χ1n) is 48.2. The van der Waals surface area contributed by atoms with Gasteiger partial charge in [-0.1, -0.05) is 221 Å². The van der Waals surface area contributed by atoms with Gasteiger partial charge in [0, 0.05) is 153 Å². The van der Waals surface area contributed by atoms with E-state index in [9.17, 15) is 72.6 Å². The number of nitrogens with two attached hydrogens (primary N) is 3. The number of hydrogen-bond donors (Lipinski definition) is 9. The van der Waals surface area contributed by atoms with Gasteiger partial charge in [-0.05, 0) is 181 Å². The van der Waals surface area contributed by atoms with E-state index in [4.69, 9.17) is 41.4 Å².